The van der Waals surface area contributed by atoms with E-state index in [0.717, 1.165) is 17.7 Å². The zero-order chi connectivity index (χ0) is 12.7. The van der Waals surface area contributed by atoms with Crippen LogP contribution in [0.15, 0.2) is 12.3 Å². The molecule has 0 aliphatic heterocycles. The molecule has 0 saturated carbocycles. The molecule has 1 aromatic heterocycles. The molecule has 1 rings (SSSR count). The highest BCUT2D eigenvalue weighted by Crippen LogP contribution is 2.22. The molecule has 0 aliphatic carbocycles. The molecule has 1 aromatic rings. The second-order valence-corrected chi connectivity index (χ2v) is 4.94. The fraction of sp³-hybridized carbons (Fsp3) is 0.643. The van der Waals surface area contributed by atoms with Gasteiger partial charge >= 0.3 is 0 Å². The minimum atomic E-state index is 0.240. The Balaban J connectivity index is 2.39. The molecule has 3 heteroatoms. The number of unbranched alkanes of at least 4 members (excludes halogenated alkanes) is 3. The number of ether oxygens (including phenoxy) is 1. The lowest BCUT2D eigenvalue weighted by atomic mass is 10.1. The first-order chi connectivity index (χ1) is 8.13. The van der Waals surface area contributed by atoms with Gasteiger partial charge in [0.15, 0.2) is 0 Å². The van der Waals surface area contributed by atoms with Crippen molar-refractivity contribution in [2.24, 2.45) is 0 Å². The van der Waals surface area contributed by atoms with E-state index in [2.05, 4.69) is 18.8 Å². The molecule has 0 aliphatic rings. The van der Waals surface area contributed by atoms with Crippen LogP contribution in [0.25, 0.3) is 0 Å². The summed E-state index contributed by atoms with van der Waals surface area (Å²) in [5.41, 5.74) is 1.04. The van der Waals surface area contributed by atoms with E-state index in [4.69, 9.17) is 16.3 Å². The van der Waals surface area contributed by atoms with Crippen LogP contribution >= 0.6 is 11.6 Å². The average molecular weight is 256 g/mol. The van der Waals surface area contributed by atoms with Crippen LogP contribution in [0.1, 0.15) is 51.5 Å². The number of hydrogen-bond acceptors (Lipinski definition) is 2. The second kappa shape index (κ2) is 7.54. The van der Waals surface area contributed by atoms with Crippen molar-refractivity contribution in [1.82, 2.24) is 4.98 Å². The Morgan fingerprint density at radius 1 is 1.35 bits per heavy atom. The summed E-state index contributed by atoms with van der Waals surface area (Å²) in [6.07, 6.45) is 8.19. The number of nitrogens with zero attached hydrogens (tertiary/aromatic N) is 1. The third kappa shape index (κ3) is 5.40. The molecule has 1 heterocycles. The first-order valence-corrected chi connectivity index (χ1v) is 6.80. The Bertz CT molecular complexity index is 341. The van der Waals surface area contributed by atoms with Crippen molar-refractivity contribution in [3.8, 4) is 5.75 Å². The Hall–Kier alpha value is -0.760. The van der Waals surface area contributed by atoms with Gasteiger partial charge in [-0.05, 0) is 26.7 Å². The summed E-state index contributed by atoms with van der Waals surface area (Å²) in [6, 6.07) is 1.79. The normalized spacial score (nSPS) is 12.5. The molecular formula is C14H22ClNO. The summed E-state index contributed by atoms with van der Waals surface area (Å²) in [6.45, 7) is 6.32. The summed E-state index contributed by atoms with van der Waals surface area (Å²) in [5, 5.41) is 0.490. The van der Waals surface area contributed by atoms with E-state index in [9.17, 15) is 0 Å². The number of pyridine rings is 1. The fourth-order valence-corrected chi connectivity index (χ4v) is 1.89. The molecule has 0 fully saturated rings. The lowest BCUT2D eigenvalue weighted by molar-refractivity contribution is 0.205. The molecular weight excluding hydrogens is 234 g/mol. The molecule has 0 aromatic carbocycles. The highest BCUT2D eigenvalue weighted by molar-refractivity contribution is 6.29. The van der Waals surface area contributed by atoms with E-state index in [-0.39, 0.29) is 6.10 Å². The molecule has 0 saturated heterocycles. The first kappa shape index (κ1) is 14.3. The van der Waals surface area contributed by atoms with E-state index in [1.165, 1.54) is 25.7 Å². The van der Waals surface area contributed by atoms with E-state index in [1.54, 1.807) is 12.3 Å². The maximum Gasteiger partial charge on any atom is 0.132 e. The summed E-state index contributed by atoms with van der Waals surface area (Å²) in [5.74, 6) is 0.855. The van der Waals surface area contributed by atoms with Crippen LogP contribution in [-0.2, 0) is 0 Å². The van der Waals surface area contributed by atoms with Crippen molar-refractivity contribution >= 4 is 11.6 Å². The summed E-state index contributed by atoms with van der Waals surface area (Å²) in [7, 11) is 0. The van der Waals surface area contributed by atoms with Crippen LogP contribution in [-0.4, -0.2) is 11.1 Å². The second-order valence-electron chi connectivity index (χ2n) is 4.55. The summed E-state index contributed by atoms with van der Waals surface area (Å²) >= 11 is 5.85. The highest BCUT2D eigenvalue weighted by atomic mass is 35.5. The number of halogens is 1. The molecule has 1 atom stereocenters. The molecule has 0 N–H and O–H groups in total. The van der Waals surface area contributed by atoms with Gasteiger partial charge in [0.25, 0.3) is 0 Å². The Morgan fingerprint density at radius 2 is 2.12 bits per heavy atom. The third-order valence-electron chi connectivity index (χ3n) is 2.81. The van der Waals surface area contributed by atoms with Gasteiger partial charge in [0.1, 0.15) is 10.9 Å². The van der Waals surface area contributed by atoms with Gasteiger partial charge in [0.2, 0.25) is 0 Å². The molecule has 96 valence electrons. The van der Waals surface area contributed by atoms with Crippen molar-refractivity contribution in [1.29, 1.82) is 0 Å². The fourth-order valence-electron chi connectivity index (χ4n) is 1.74. The maximum absolute atomic E-state index is 5.88. The van der Waals surface area contributed by atoms with E-state index < -0.39 is 0 Å². The minimum Gasteiger partial charge on any atom is -0.490 e. The predicted molar refractivity (Wildman–Crippen MR) is 72.8 cm³/mol. The van der Waals surface area contributed by atoms with Crippen molar-refractivity contribution < 1.29 is 4.74 Å². The molecule has 1 unspecified atom stereocenters. The molecule has 17 heavy (non-hydrogen) atoms. The smallest absolute Gasteiger partial charge is 0.132 e. The van der Waals surface area contributed by atoms with Gasteiger partial charge in [-0.15, -0.1) is 0 Å². The predicted octanol–water partition coefficient (Wildman–Crippen LogP) is 4.78. The van der Waals surface area contributed by atoms with Gasteiger partial charge in [-0.25, -0.2) is 4.98 Å². The van der Waals surface area contributed by atoms with Crippen LogP contribution in [0.2, 0.25) is 5.15 Å². The number of hydrogen-bond donors (Lipinski definition) is 0. The average Bonchev–Trinajstić information content (AvgIpc) is 2.29. The number of aromatic nitrogens is 1. The monoisotopic (exact) mass is 255 g/mol. The Labute approximate surface area is 109 Å². The topological polar surface area (TPSA) is 22.1 Å². The van der Waals surface area contributed by atoms with Crippen LogP contribution in [0.3, 0.4) is 0 Å². The van der Waals surface area contributed by atoms with Gasteiger partial charge in [0.05, 0.1) is 6.10 Å². The minimum absolute atomic E-state index is 0.240. The zero-order valence-corrected chi connectivity index (χ0v) is 11.8. The number of rotatable bonds is 7. The van der Waals surface area contributed by atoms with Crippen molar-refractivity contribution in [3.05, 3.63) is 23.0 Å². The van der Waals surface area contributed by atoms with Crippen LogP contribution in [0.4, 0.5) is 0 Å². The lowest BCUT2D eigenvalue weighted by Crippen LogP contribution is -2.12. The molecule has 0 bridgehead atoms. The zero-order valence-electron chi connectivity index (χ0n) is 11.0. The number of aryl methyl sites for hydroxylation is 1. The van der Waals surface area contributed by atoms with Gasteiger partial charge in [0, 0.05) is 17.8 Å². The highest BCUT2D eigenvalue weighted by Gasteiger charge is 2.07. The van der Waals surface area contributed by atoms with Crippen LogP contribution < -0.4 is 4.74 Å². The van der Waals surface area contributed by atoms with Gasteiger partial charge < -0.3 is 4.74 Å². The Kier molecular flexibility index (Phi) is 6.35. The van der Waals surface area contributed by atoms with E-state index in [1.807, 2.05) is 6.92 Å². The maximum atomic E-state index is 5.88. The van der Waals surface area contributed by atoms with Gasteiger partial charge in [-0.3, -0.25) is 0 Å². The standard InChI is InChI=1S/C14H22ClNO/c1-4-5-6-7-8-12(3)17-13-9-14(15)16-10-11(13)2/h9-10,12H,4-8H2,1-3H3. The van der Waals surface area contributed by atoms with E-state index >= 15 is 0 Å². The third-order valence-corrected chi connectivity index (χ3v) is 3.02. The van der Waals surface area contributed by atoms with Gasteiger partial charge in [-0.2, -0.15) is 0 Å². The van der Waals surface area contributed by atoms with Crippen LogP contribution in [0.5, 0.6) is 5.75 Å². The molecule has 2 nitrogen and oxygen atoms in total. The van der Waals surface area contributed by atoms with E-state index in [0.29, 0.717) is 5.15 Å². The SMILES string of the molecule is CCCCCCC(C)Oc1cc(Cl)ncc1C. The Morgan fingerprint density at radius 3 is 2.82 bits per heavy atom. The summed E-state index contributed by atoms with van der Waals surface area (Å²) < 4.78 is 5.88. The quantitative estimate of drug-likeness (QED) is 0.517. The van der Waals surface area contributed by atoms with Crippen LogP contribution in [0, 0.1) is 6.92 Å². The molecule has 0 amide bonds. The lowest BCUT2D eigenvalue weighted by Gasteiger charge is -2.16. The molecule has 0 radical (unpaired) electrons. The van der Waals surface area contributed by atoms with Crippen molar-refractivity contribution in [2.75, 3.05) is 0 Å². The molecule has 0 spiro atoms. The van der Waals surface area contributed by atoms with Crippen molar-refractivity contribution in [3.63, 3.8) is 0 Å². The van der Waals surface area contributed by atoms with Crippen molar-refractivity contribution in [2.45, 2.75) is 59.0 Å². The first-order valence-electron chi connectivity index (χ1n) is 6.42. The van der Waals surface area contributed by atoms with Gasteiger partial charge in [-0.1, -0.05) is 37.8 Å². The summed E-state index contributed by atoms with van der Waals surface area (Å²) in [4.78, 5) is 4.02. The largest absolute Gasteiger partial charge is 0.490 e.